The molecule has 0 aromatic heterocycles. The minimum atomic E-state index is -1.37. The van der Waals surface area contributed by atoms with Crippen LogP contribution in [0.2, 0.25) is 0 Å². The van der Waals surface area contributed by atoms with Crippen LogP contribution in [0.1, 0.15) is 27.7 Å². The highest BCUT2D eigenvalue weighted by atomic mass is 16.5. The average Bonchev–Trinajstić information content (AvgIpc) is 2.23. The predicted octanol–water partition coefficient (Wildman–Crippen LogP) is 1.81. The molecule has 6 heteroatoms. The lowest BCUT2D eigenvalue weighted by atomic mass is 10.1. The first-order chi connectivity index (χ1) is 7.63. The van der Waals surface area contributed by atoms with Crippen LogP contribution in [0.15, 0.2) is 22.9 Å². The van der Waals surface area contributed by atoms with Crippen LogP contribution in [-0.4, -0.2) is 34.7 Å². The molecule has 0 spiro atoms. The van der Waals surface area contributed by atoms with Gasteiger partial charge in [-0.2, -0.15) is 10.2 Å². The summed E-state index contributed by atoms with van der Waals surface area (Å²) >= 11 is 0. The Labute approximate surface area is 100 Å². The molecule has 0 heterocycles. The lowest BCUT2D eigenvalue weighted by Gasteiger charge is -2.18. The Hall–Kier alpha value is -1.72. The third-order valence-electron chi connectivity index (χ3n) is 1.91. The van der Waals surface area contributed by atoms with Crippen molar-refractivity contribution in [2.24, 2.45) is 10.2 Å². The van der Waals surface area contributed by atoms with Crippen molar-refractivity contribution in [3.8, 4) is 0 Å². The summed E-state index contributed by atoms with van der Waals surface area (Å²) in [5, 5.41) is 16.2. The summed E-state index contributed by atoms with van der Waals surface area (Å²) in [6.45, 7) is 9.28. The fraction of sp³-hybridized carbons (Fsp3) is 0.636. The normalized spacial score (nSPS) is 12.5. The maximum absolute atomic E-state index is 11.5. The summed E-state index contributed by atoms with van der Waals surface area (Å²) in [5.41, 5.74) is -2.58. The second-order valence-electron chi connectivity index (χ2n) is 4.51. The van der Waals surface area contributed by atoms with Crippen LogP contribution in [0.4, 0.5) is 0 Å². The van der Waals surface area contributed by atoms with Crippen molar-refractivity contribution in [1.82, 2.24) is 0 Å². The maximum Gasteiger partial charge on any atom is 0.335 e. The Kier molecular flexibility index (Phi) is 5.00. The van der Waals surface area contributed by atoms with Crippen molar-refractivity contribution < 1.29 is 19.4 Å². The lowest BCUT2D eigenvalue weighted by Crippen LogP contribution is -2.34. The quantitative estimate of drug-likeness (QED) is 0.437. The fourth-order valence-electron chi connectivity index (χ4n) is 0.645. The lowest BCUT2D eigenvalue weighted by molar-refractivity contribution is -0.148. The van der Waals surface area contributed by atoms with Crippen molar-refractivity contribution in [2.45, 2.75) is 38.8 Å². The first kappa shape index (κ1) is 15.3. The molecule has 0 aliphatic carbocycles. The third kappa shape index (κ3) is 4.76. The smallest absolute Gasteiger partial charge is 0.335 e. The Morgan fingerprint density at radius 1 is 1.24 bits per heavy atom. The zero-order chi connectivity index (χ0) is 13.7. The van der Waals surface area contributed by atoms with E-state index in [1.807, 2.05) is 0 Å². The number of carboxylic acids is 1. The second-order valence-corrected chi connectivity index (χ2v) is 4.51. The second kappa shape index (κ2) is 5.56. The van der Waals surface area contributed by atoms with Gasteiger partial charge in [0.05, 0.1) is 0 Å². The van der Waals surface area contributed by atoms with E-state index in [2.05, 4.69) is 16.8 Å². The van der Waals surface area contributed by atoms with E-state index >= 15 is 0 Å². The molecular formula is C11H18N2O4. The predicted molar refractivity (Wildman–Crippen MR) is 61.8 cm³/mol. The molecule has 0 aromatic carbocycles. The average molecular weight is 242 g/mol. The summed E-state index contributed by atoms with van der Waals surface area (Å²) in [6, 6.07) is 0. The molecule has 0 saturated carbocycles. The minimum Gasteiger partial charge on any atom is -0.479 e. The number of carbonyl (C=O) groups excluding carboxylic acids is 1. The van der Waals surface area contributed by atoms with Gasteiger partial charge in [-0.1, -0.05) is 12.7 Å². The van der Waals surface area contributed by atoms with E-state index in [4.69, 9.17) is 9.84 Å². The van der Waals surface area contributed by atoms with E-state index in [1.54, 1.807) is 0 Å². The molecular weight excluding hydrogens is 224 g/mol. The van der Waals surface area contributed by atoms with Gasteiger partial charge in [-0.15, -0.1) is 0 Å². The molecule has 0 aliphatic heterocycles. The summed E-state index contributed by atoms with van der Waals surface area (Å²) < 4.78 is 4.82. The van der Waals surface area contributed by atoms with Crippen LogP contribution in [0.5, 0.6) is 0 Å². The standard InChI is InChI=1S/C11H18N2O4/c1-6-7-17-9(16)11(4,5)13-12-10(2,3)8(14)15/h6H,1,7H2,2-5H3,(H,14,15). The van der Waals surface area contributed by atoms with E-state index < -0.39 is 23.0 Å². The molecule has 0 radical (unpaired) electrons. The van der Waals surface area contributed by atoms with Crippen molar-refractivity contribution in [1.29, 1.82) is 0 Å². The zero-order valence-electron chi connectivity index (χ0n) is 10.6. The van der Waals surface area contributed by atoms with Gasteiger partial charge in [-0.05, 0) is 27.7 Å². The van der Waals surface area contributed by atoms with Gasteiger partial charge >= 0.3 is 11.9 Å². The van der Waals surface area contributed by atoms with Crippen LogP contribution in [-0.2, 0) is 14.3 Å². The molecule has 0 unspecified atom stereocenters. The number of hydrogen-bond acceptors (Lipinski definition) is 5. The Bertz CT molecular complexity index is 345. The maximum atomic E-state index is 11.5. The highest BCUT2D eigenvalue weighted by Crippen LogP contribution is 2.17. The highest BCUT2D eigenvalue weighted by molar-refractivity contribution is 5.80. The Morgan fingerprint density at radius 2 is 1.71 bits per heavy atom. The number of carbonyl (C=O) groups is 2. The topological polar surface area (TPSA) is 88.3 Å². The molecule has 6 nitrogen and oxygen atoms in total. The van der Waals surface area contributed by atoms with E-state index in [0.29, 0.717) is 0 Å². The molecule has 0 fully saturated rings. The van der Waals surface area contributed by atoms with E-state index in [-0.39, 0.29) is 6.61 Å². The van der Waals surface area contributed by atoms with Gasteiger partial charge < -0.3 is 9.84 Å². The number of esters is 1. The number of azo groups is 1. The number of ether oxygens (including phenoxy) is 1. The van der Waals surface area contributed by atoms with Gasteiger partial charge in [0.25, 0.3) is 0 Å². The Morgan fingerprint density at radius 3 is 2.12 bits per heavy atom. The largest absolute Gasteiger partial charge is 0.479 e. The van der Waals surface area contributed by atoms with Crippen LogP contribution in [0, 0.1) is 0 Å². The first-order valence-corrected chi connectivity index (χ1v) is 5.09. The molecule has 0 atom stereocenters. The molecule has 0 bridgehead atoms. The number of carboxylic acid groups (broad SMARTS) is 1. The van der Waals surface area contributed by atoms with Gasteiger partial charge in [-0.25, -0.2) is 9.59 Å². The van der Waals surface area contributed by atoms with E-state index in [1.165, 1.54) is 33.8 Å². The van der Waals surface area contributed by atoms with Crippen LogP contribution in [0.3, 0.4) is 0 Å². The molecule has 1 N–H and O–H groups in total. The van der Waals surface area contributed by atoms with Crippen LogP contribution >= 0.6 is 0 Å². The monoisotopic (exact) mass is 242 g/mol. The van der Waals surface area contributed by atoms with Gasteiger partial charge in [-0.3, -0.25) is 0 Å². The summed E-state index contributed by atoms with van der Waals surface area (Å²) in [7, 11) is 0. The van der Waals surface area contributed by atoms with Gasteiger partial charge in [0.15, 0.2) is 11.1 Å². The number of nitrogens with zero attached hydrogens (tertiary/aromatic N) is 2. The van der Waals surface area contributed by atoms with Crippen LogP contribution in [0.25, 0.3) is 0 Å². The molecule has 0 aromatic rings. The number of aliphatic carboxylic acids is 1. The van der Waals surface area contributed by atoms with Crippen molar-refractivity contribution in [3.63, 3.8) is 0 Å². The zero-order valence-corrected chi connectivity index (χ0v) is 10.6. The Balaban J connectivity index is 4.74. The molecule has 17 heavy (non-hydrogen) atoms. The highest BCUT2D eigenvalue weighted by Gasteiger charge is 2.32. The van der Waals surface area contributed by atoms with E-state index in [9.17, 15) is 9.59 Å². The van der Waals surface area contributed by atoms with Gasteiger partial charge in [0.2, 0.25) is 0 Å². The SMILES string of the molecule is C=CCOC(=O)C(C)(C)N=NC(C)(C)C(=O)O. The first-order valence-electron chi connectivity index (χ1n) is 5.09. The van der Waals surface area contributed by atoms with Gasteiger partial charge in [0, 0.05) is 0 Å². The molecule has 96 valence electrons. The molecule has 0 amide bonds. The molecule has 0 saturated heterocycles. The molecule has 0 rings (SSSR count). The minimum absolute atomic E-state index is 0.0834. The summed E-state index contributed by atoms with van der Waals surface area (Å²) in [4.78, 5) is 22.3. The van der Waals surface area contributed by atoms with Gasteiger partial charge in [0.1, 0.15) is 6.61 Å². The van der Waals surface area contributed by atoms with Crippen molar-refractivity contribution in [3.05, 3.63) is 12.7 Å². The van der Waals surface area contributed by atoms with Crippen molar-refractivity contribution >= 4 is 11.9 Å². The fourth-order valence-corrected chi connectivity index (χ4v) is 0.645. The van der Waals surface area contributed by atoms with Crippen molar-refractivity contribution in [2.75, 3.05) is 6.61 Å². The third-order valence-corrected chi connectivity index (χ3v) is 1.91. The molecule has 0 aliphatic rings. The number of hydrogen-bond donors (Lipinski definition) is 1. The van der Waals surface area contributed by atoms with E-state index in [0.717, 1.165) is 0 Å². The summed E-state index contributed by atoms with van der Waals surface area (Å²) in [6.07, 6.45) is 1.44. The summed E-state index contributed by atoms with van der Waals surface area (Å²) in [5.74, 6) is -1.70. The van der Waals surface area contributed by atoms with Crippen LogP contribution < -0.4 is 0 Å². The number of rotatable bonds is 6.